The van der Waals surface area contributed by atoms with Crippen LogP contribution in [0, 0.1) is 13.8 Å². The fourth-order valence-corrected chi connectivity index (χ4v) is 4.60. The second-order valence-corrected chi connectivity index (χ2v) is 8.92. The van der Waals surface area contributed by atoms with Crippen molar-refractivity contribution in [2.75, 3.05) is 16.8 Å². The molecule has 0 atom stereocenters. The molecule has 5 rings (SSSR count). The van der Waals surface area contributed by atoms with Crippen LogP contribution in [0.2, 0.25) is 0 Å². The maximum atomic E-state index is 13.2. The van der Waals surface area contributed by atoms with Crippen molar-refractivity contribution < 1.29 is 9.59 Å². The third-order valence-corrected chi connectivity index (χ3v) is 6.61. The molecule has 0 saturated carbocycles. The van der Waals surface area contributed by atoms with Gasteiger partial charge in [0.05, 0.1) is 6.42 Å². The van der Waals surface area contributed by atoms with E-state index in [0.29, 0.717) is 12.1 Å². The van der Waals surface area contributed by atoms with Crippen molar-refractivity contribution in [1.29, 1.82) is 0 Å². The molecule has 0 saturated heterocycles. The monoisotopic (exact) mass is 461 g/mol. The van der Waals surface area contributed by atoms with Crippen LogP contribution in [0.15, 0.2) is 85.1 Å². The first-order chi connectivity index (χ1) is 17.0. The third kappa shape index (κ3) is 4.71. The van der Waals surface area contributed by atoms with Crippen molar-refractivity contribution in [1.82, 2.24) is 4.98 Å². The van der Waals surface area contributed by atoms with Gasteiger partial charge in [0.2, 0.25) is 5.91 Å². The lowest BCUT2D eigenvalue weighted by Crippen LogP contribution is -2.30. The van der Waals surface area contributed by atoms with E-state index in [0.717, 1.165) is 45.7 Å². The van der Waals surface area contributed by atoms with Crippen LogP contribution in [0.25, 0.3) is 11.1 Å². The fraction of sp³-hybridized carbons (Fsp3) is 0.167. The van der Waals surface area contributed by atoms with Crippen molar-refractivity contribution in [2.45, 2.75) is 26.7 Å². The Hall–Kier alpha value is -4.25. The fourth-order valence-electron chi connectivity index (χ4n) is 4.60. The molecular weight excluding hydrogens is 434 g/mol. The number of anilines is 2. The van der Waals surface area contributed by atoms with E-state index < -0.39 is 0 Å². The minimum Gasteiger partial charge on any atom is -0.322 e. The normalized spacial score (nSPS) is 12.3. The molecule has 35 heavy (non-hydrogen) atoms. The van der Waals surface area contributed by atoms with E-state index in [2.05, 4.69) is 29.4 Å². The molecule has 0 bridgehead atoms. The first-order valence-electron chi connectivity index (χ1n) is 11.8. The Balaban J connectivity index is 1.34. The molecule has 1 aliphatic heterocycles. The van der Waals surface area contributed by atoms with Crippen molar-refractivity contribution in [2.24, 2.45) is 0 Å². The standard InChI is InChI=1S/C30H27N3O2/c1-20-16-24(18-27(21(20)2)22-8-4-3-5-9-22)30(35)32-26-11-12-28-23(17-26)13-15-33(28)29(34)19-25-10-6-7-14-31-25/h3-12,14,16-18H,13,15,19H2,1-2H3,(H,32,35). The number of amides is 2. The van der Waals surface area contributed by atoms with Crippen LogP contribution >= 0.6 is 0 Å². The maximum Gasteiger partial charge on any atom is 0.255 e. The molecule has 1 aliphatic rings. The number of fused-ring (bicyclic) bond motifs is 1. The summed E-state index contributed by atoms with van der Waals surface area (Å²) in [4.78, 5) is 32.1. The molecule has 0 fully saturated rings. The van der Waals surface area contributed by atoms with Crippen LogP contribution in [0.5, 0.6) is 0 Å². The van der Waals surface area contributed by atoms with Gasteiger partial charge in [0.1, 0.15) is 0 Å². The van der Waals surface area contributed by atoms with E-state index >= 15 is 0 Å². The summed E-state index contributed by atoms with van der Waals surface area (Å²) in [7, 11) is 0. The quantitative estimate of drug-likeness (QED) is 0.412. The van der Waals surface area contributed by atoms with E-state index in [1.165, 1.54) is 5.56 Å². The van der Waals surface area contributed by atoms with E-state index in [1.807, 2.05) is 78.6 Å². The molecule has 0 radical (unpaired) electrons. The second kappa shape index (κ2) is 9.55. The zero-order valence-electron chi connectivity index (χ0n) is 19.9. The molecule has 2 heterocycles. The molecule has 2 amide bonds. The number of nitrogens with one attached hydrogen (secondary N) is 1. The molecular formula is C30H27N3O2. The Morgan fingerprint density at radius 1 is 0.943 bits per heavy atom. The van der Waals surface area contributed by atoms with Gasteiger partial charge in [0.15, 0.2) is 0 Å². The molecule has 1 N–H and O–H groups in total. The van der Waals surface area contributed by atoms with Crippen molar-refractivity contribution >= 4 is 23.2 Å². The third-order valence-electron chi connectivity index (χ3n) is 6.61. The summed E-state index contributed by atoms with van der Waals surface area (Å²) in [6.45, 7) is 4.75. The number of nitrogens with zero attached hydrogens (tertiary/aromatic N) is 2. The second-order valence-electron chi connectivity index (χ2n) is 8.92. The van der Waals surface area contributed by atoms with Gasteiger partial charge in [-0.1, -0.05) is 36.4 Å². The smallest absolute Gasteiger partial charge is 0.255 e. The number of hydrogen-bond acceptors (Lipinski definition) is 3. The van der Waals surface area contributed by atoms with E-state index in [-0.39, 0.29) is 18.2 Å². The highest BCUT2D eigenvalue weighted by Crippen LogP contribution is 2.32. The van der Waals surface area contributed by atoms with Crippen molar-refractivity contribution in [3.05, 3.63) is 113 Å². The summed E-state index contributed by atoms with van der Waals surface area (Å²) in [5, 5.41) is 3.04. The van der Waals surface area contributed by atoms with Gasteiger partial charge in [-0.3, -0.25) is 14.6 Å². The molecule has 0 aliphatic carbocycles. The summed E-state index contributed by atoms with van der Waals surface area (Å²) in [5.41, 5.74) is 8.48. The van der Waals surface area contributed by atoms with Crippen LogP contribution < -0.4 is 10.2 Å². The maximum absolute atomic E-state index is 13.2. The number of pyridine rings is 1. The van der Waals surface area contributed by atoms with Crippen LogP contribution in [0.1, 0.15) is 32.7 Å². The van der Waals surface area contributed by atoms with Gasteiger partial charge in [-0.15, -0.1) is 0 Å². The van der Waals surface area contributed by atoms with Crippen LogP contribution in [0.4, 0.5) is 11.4 Å². The Morgan fingerprint density at radius 3 is 2.51 bits per heavy atom. The largest absolute Gasteiger partial charge is 0.322 e. The molecule has 1 aromatic heterocycles. The summed E-state index contributed by atoms with van der Waals surface area (Å²) in [5.74, 6) is -0.117. The summed E-state index contributed by atoms with van der Waals surface area (Å²) in [6.07, 6.45) is 2.73. The van der Waals surface area contributed by atoms with Gasteiger partial charge in [-0.2, -0.15) is 0 Å². The van der Waals surface area contributed by atoms with Gasteiger partial charge in [0, 0.05) is 35.4 Å². The predicted octanol–water partition coefficient (Wildman–Crippen LogP) is 5.75. The zero-order chi connectivity index (χ0) is 24.4. The highest BCUT2D eigenvalue weighted by molar-refractivity contribution is 6.06. The first kappa shape index (κ1) is 22.5. The number of rotatable bonds is 5. The van der Waals surface area contributed by atoms with Crippen molar-refractivity contribution in [3.63, 3.8) is 0 Å². The number of carbonyl (C=O) groups excluding carboxylic acids is 2. The van der Waals surface area contributed by atoms with Crippen LogP contribution in [-0.2, 0) is 17.6 Å². The Morgan fingerprint density at radius 2 is 1.74 bits per heavy atom. The SMILES string of the molecule is Cc1cc(C(=O)Nc2ccc3c(c2)CCN3C(=O)Cc2ccccn2)cc(-c2ccccc2)c1C. The lowest BCUT2D eigenvalue weighted by atomic mass is 9.94. The number of carbonyl (C=O) groups is 2. The van der Waals surface area contributed by atoms with Gasteiger partial charge in [0.25, 0.3) is 5.91 Å². The molecule has 5 nitrogen and oxygen atoms in total. The Labute approximate surface area is 205 Å². The minimum atomic E-state index is -0.147. The van der Waals surface area contributed by atoms with Crippen LogP contribution in [0.3, 0.4) is 0 Å². The number of aryl methyl sites for hydroxylation is 1. The van der Waals surface area contributed by atoms with E-state index in [1.54, 1.807) is 6.20 Å². The zero-order valence-corrected chi connectivity index (χ0v) is 19.9. The van der Waals surface area contributed by atoms with Gasteiger partial charge in [-0.05, 0) is 90.6 Å². The number of aromatic nitrogens is 1. The molecule has 0 spiro atoms. The highest BCUT2D eigenvalue weighted by atomic mass is 16.2. The van der Waals surface area contributed by atoms with Crippen molar-refractivity contribution in [3.8, 4) is 11.1 Å². The minimum absolute atomic E-state index is 0.0304. The highest BCUT2D eigenvalue weighted by Gasteiger charge is 2.25. The Bertz CT molecular complexity index is 1400. The summed E-state index contributed by atoms with van der Waals surface area (Å²) >= 11 is 0. The Kier molecular flexibility index (Phi) is 6.15. The van der Waals surface area contributed by atoms with E-state index in [4.69, 9.17) is 0 Å². The lowest BCUT2D eigenvalue weighted by molar-refractivity contribution is -0.117. The molecule has 0 unspecified atom stereocenters. The van der Waals surface area contributed by atoms with Gasteiger partial charge in [-0.25, -0.2) is 0 Å². The first-order valence-corrected chi connectivity index (χ1v) is 11.8. The molecule has 4 aromatic rings. The van der Waals surface area contributed by atoms with Gasteiger partial charge < -0.3 is 10.2 Å². The van der Waals surface area contributed by atoms with E-state index in [9.17, 15) is 9.59 Å². The molecule has 5 heteroatoms. The average Bonchev–Trinajstić information content (AvgIpc) is 3.30. The number of hydrogen-bond donors (Lipinski definition) is 1. The molecule has 174 valence electrons. The summed E-state index contributed by atoms with van der Waals surface area (Å²) < 4.78 is 0. The predicted molar refractivity (Wildman–Crippen MR) is 140 cm³/mol. The van der Waals surface area contributed by atoms with Gasteiger partial charge >= 0.3 is 0 Å². The summed E-state index contributed by atoms with van der Waals surface area (Å²) in [6, 6.07) is 25.4. The number of benzene rings is 3. The topological polar surface area (TPSA) is 62.3 Å². The average molecular weight is 462 g/mol. The molecule has 3 aromatic carbocycles. The lowest BCUT2D eigenvalue weighted by Gasteiger charge is -2.17. The van der Waals surface area contributed by atoms with Crippen LogP contribution in [-0.4, -0.2) is 23.3 Å².